The van der Waals surface area contributed by atoms with Crippen molar-refractivity contribution >= 4 is 29.1 Å². The van der Waals surface area contributed by atoms with Crippen LogP contribution in [-0.4, -0.2) is 36.5 Å². The maximum atomic E-state index is 12.8. The summed E-state index contributed by atoms with van der Waals surface area (Å²) in [6, 6.07) is 5.67. The van der Waals surface area contributed by atoms with Crippen molar-refractivity contribution < 1.29 is 4.79 Å². The van der Waals surface area contributed by atoms with Crippen molar-refractivity contribution in [3.8, 4) is 0 Å². The summed E-state index contributed by atoms with van der Waals surface area (Å²) in [6.07, 6.45) is 4.49. The lowest BCUT2D eigenvalue weighted by atomic mass is 9.97. The van der Waals surface area contributed by atoms with Crippen molar-refractivity contribution in [2.75, 3.05) is 19.6 Å². The van der Waals surface area contributed by atoms with Gasteiger partial charge in [0.15, 0.2) is 0 Å². The normalized spacial score (nSPS) is 19.5. The quantitative estimate of drug-likeness (QED) is 0.916. The fourth-order valence-electron chi connectivity index (χ4n) is 2.95. The predicted molar refractivity (Wildman–Crippen MR) is 86.1 cm³/mol. The van der Waals surface area contributed by atoms with Crippen LogP contribution in [0.5, 0.6) is 0 Å². The molecule has 0 atom stereocenters. The van der Waals surface area contributed by atoms with Gasteiger partial charge in [-0.3, -0.25) is 4.79 Å². The summed E-state index contributed by atoms with van der Waals surface area (Å²) in [7, 11) is 0. The summed E-state index contributed by atoms with van der Waals surface area (Å²) in [5, 5.41) is 4.19. The molecule has 1 heterocycles. The predicted octanol–water partition coefficient (Wildman–Crippen LogP) is 3.60. The van der Waals surface area contributed by atoms with Crippen LogP contribution in [0.1, 0.15) is 36.0 Å². The second kappa shape index (κ2) is 6.55. The SMILES string of the molecule is O=C(c1cccc(Cl)c1Cl)N(CC1CCNCC1)C1CC1. The Hall–Kier alpha value is -0.770. The third-order valence-electron chi connectivity index (χ3n) is 4.34. The summed E-state index contributed by atoms with van der Waals surface area (Å²) < 4.78 is 0. The minimum Gasteiger partial charge on any atom is -0.335 e. The number of rotatable bonds is 4. The lowest BCUT2D eigenvalue weighted by molar-refractivity contribution is 0.0702. The van der Waals surface area contributed by atoms with Crippen molar-refractivity contribution in [2.24, 2.45) is 5.92 Å². The highest BCUT2D eigenvalue weighted by atomic mass is 35.5. The summed E-state index contributed by atoms with van der Waals surface area (Å²) >= 11 is 12.2. The number of carbonyl (C=O) groups excluding carboxylic acids is 1. The number of nitrogens with one attached hydrogen (secondary N) is 1. The molecule has 0 radical (unpaired) electrons. The maximum Gasteiger partial charge on any atom is 0.255 e. The zero-order chi connectivity index (χ0) is 14.8. The number of benzene rings is 1. The smallest absolute Gasteiger partial charge is 0.255 e. The molecule has 3 rings (SSSR count). The molecule has 0 bridgehead atoms. The Labute approximate surface area is 135 Å². The van der Waals surface area contributed by atoms with E-state index in [2.05, 4.69) is 5.32 Å². The molecular weight excluding hydrogens is 307 g/mol. The first-order valence-electron chi connectivity index (χ1n) is 7.62. The number of carbonyl (C=O) groups is 1. The Morgan fingerprint density at radius 2 is 1.90 bits per heavy atom. The van der Waals surface area contributed by atoms with Gasteiger partial charge in [0.25, 0.3) is 5.91 Å². The van der Waals surface area contributed by atoms with E-state index in [1.165, 1.54) is 0 Å². The van der Waals surface area contributed by atoms with Gasteiger partial charge < -0.3 is 10.2 Å². The topological polar surface area (TPSA) is 32.3 Å². The molecule has 1 saturated heterocycles. The van der Waals surface area contributed by atoms with Gasteiger partial charge in [-0.1, -0.05) is 29.3 Å². The Morgan fingerprint density at radius 1 is 1.19 bits per heavy atom. The standard InChI is InChI=1S/C16H20Cl2N2O/c17-14-3-1-2-13(15(14)18)16(21)20(12-4-5-12)10-11-6-8-19-9-7-11/h1-3,11-12,19H,4-10H2. The maximum absolute atomic E-state index is 12.8. The van der Waals surface area contributed by atoms with E-state index in [1.807, 2.05) is 4.90 Å². The molecule has 1 N–H and O–H groups in total. The van der Waals surface area contributed by atoms with Crippen LogP contribution in [-0.2, 0) is 0 Å². The Balaban J connectivity index is 1.76. The first-order valence-corrected chi connectivity index (χ1v) is 8.38. The monoisotopic (exact) mass is 326 g/mol. The second-order valence-corrected chi connectivity index (χ2v) is 6.77. The zero-order valence-electron chi connectivity index (χ0n) is 11.9. The Morgan fingerprint density at radius 3 is 2.57 bits per heavy atom. The molecule has 114 valence electrons. The number of piperidine rings is 1. The summed E-state index contributed by atoms with van der Waals surface area (Å²) in [5.74, 6) is 0.622. The molecule has 2 fully saturated rings. The number of hydrogen-bond donors (Lipinski definition) is 1. The molecular formula is C16H20Cl2N2O. The van der Waals surface area contributed by atoms with Gasteiger partial charge in [-0.25, -0.2) is 0 Å². The molecule has 0 aromatic heterocycles. The summed E-state index contributed by atoms with van der Waals surface area (Å²) in [5.41, 5.74) is 0.532. The third kappa shape index (κ3) is 3.53. The van der Waals surface area contributed by atoms with Gasteiger partial charge in [-0.2, -0.15) is 0 Å². The highest BCUT2D eigenvalue weighted by molar-refractivity contribution is 6.43. The number of hydrogen-bond acceptors (Lipinski definition) is 2. The molecule has 1 aliphatic heterocycles. The first-order chi connectivity index (χ1) is 10.2. The van der Waals surface area contributed by atoms with Crippen molar-refractivity contribution in [1.82, 2.24) is 10.2 Å². The van der Waals surface area contributed by atoms with E-state index in [9.17, 15) is 4.79 Å². The van der Waals surface area contributed by atoms with Crippen LogP contribution in [0.25, 0.3) is 0 Å². The third-order valence-corrected chi connectivity index (χ3v) is 5.16. The van der Waals surface area contributed by atoms with Gasteiger partial charge >= 0.3 is 0 Å². The van der Waals surface area contributed by atoms with Gasteiger partial charge in [-0.05, 0) is 56.8 Å². The van der Waals surface area contributed by atoms with E-state index in [-0.39, 0.29) is 5.91 Å². The molecule has 0 unspecified atom stereocenters. The van der Waals surface area contributed by atoms with E-state index in [1.54, 1.807) is 18.2 Å². The molecule has 1 saturated carbocycles. The Kier molecular flexibility index (Phi) is 4.72. The molecule has 5 heteroatoms. The molecule has 1 aromatic rings. The van der Waals surface area contributed by atoms with E-state index in [0.29, 0.717) is 27.6 Å². The summed E-state index contributed by atoms with van der Waals surface area (Å²) in [4.78, 5) is 14.9. The average molecular weight is 327 g/mol. The van der Waals surface area contributed by atoms with Crippen LogP contribution >= 0.6 is 23.2 Å². The lowest BCUT2D eigenvalue weighted by Crippen LogP contribution is -2.40. The van der Waals surface area contributed by atoms with Crippen LogP contribution in [0.15, 0.2) is 18.2 Å². The highest BCUT2D eigenvalue weighted by Crippen LogP contribution is 2.33. The fraction of sp³-hybridized carbons (Fsp3) is 0.562. The number of nitrogens with zero attached hydrogens (tertiary/aromatic N) is 1. The van der Waals surface area contributed by atoms with Gasteiger partial charge in [0, 0.05) is 12.6 Å². The second-order valence-electron chi connectivity index (χ2n) is 5.98. The van der Waals surface area contributed by atoms with E-state index >= 15 is 0 Å². The number of amides is 1. The summed E-state index contributed by atoms with van der Waals surface area (Å²) in [6.45, 7) is 2.94. The highest BCUT2D eigenvalue weighted by Gasteiger charge is 2.35. The van der Waals surface area contributed by atoms with Crippen molar-refractivity contribution in [3.63, 3.8) is 0 Å². The number of halogens is 2. The first kappa shape index (κ1) is 15.1. The van der Waals surface area contributed by atoms with Crippen LogP contribution < -0.4 is 5.32 Å². The van der Waals surface area contributed by atoms with Gasteiger partial charge in [-0.15, -0.1) is 0 Å². The van der Waals surface area contributed by atoms with Crippen molar-refractivity contribution in [2.45, 2.75) is 31.7 Å². The zero-order valence-corrected chi connectivity index (χ0v) is 13.5. The molecule has 21 heavy (non-hydrogen) atoms. The van der Waals surface area contributed by atoms with Crippen molar-refractivity contribution in [1.29, 1.82) is 0 Å². The van der Waals surface area contributed by atoms with E-state index < -0.39 is 0 Å². The molecule has 0 spiro atoms. The minimum absolute atomic E-state index is 0.0310. The molecule has 2 aliphatic rings. The molecule has 3 nitrogen and oxygen atoms in total. The lowest BCUT2D eigenvalue weighted by Gasteiger charge is -2.30. The largest absolute Gasteiger partial charge is 0.335 e. The average Bonchev–Trinajstić information content (AvgIpc) is 3.33. The van der Waals surface area contributed by atoms with Gasteiger partial charge in [0.2, 0.25) is 0 Å². The van der Waals surface area contributed by atoms with Crippen LogP contribution in [0, 0.1) is 5.92 Å². The van der Waals surface area contributed by atoms with Crippen LogP contribution in [0.3, 0.4) is 0 Å². The van der Waals surface area contributed by atoms with Gasteiger partial charge in [0.1, 0.15) is 0 Å². The Bertz CT molecular complexity index is 525. The van der Waals surface area contributed by atoms with Crippen molar-refractivity contribution in [3.05, 3.63) is 33.8 Å². The van der Waals surface area contributed by atoms with Crippen LogP contribution in [0.4, 0.5) is 0 Å². The minimum atomic E-state index is 0.0310. The molecule has 1 aromatic carbocycles. The van der Waals surface area contributed by atoms with E-state index in [4.69, 9.17) is 23.2 Å². The van der Waals surface area contributed by atoms with E-state index in [0.717, 1.165) is 45.3 Å². The van der Waals surface area contributed by atoms with Crippen LogP contribution in [0.2, 0.25) is 10.0 Å². The molecule has 1 amide bonds. The van der Waals surface area contributed by atoms with Gasteiger partial charge in [0.05, 0.1) is 15.6 Å². The molecule has 1 aliphatic carbocycles. The fourth-order valence-corrected chi connectivity index (χ4v) is 3.33.